The van der Waals surface area contributed by atoms with E-state index in [2.05, 4.69) is 5.10 Å². The predicted octanol–water partition coefficient (Wildman–Crippen LogP) is 0.526. The third-order valence-electron chi connectivity index (χ3n) is 2.49. The number of nitrogens with zero attached hydrogens (tertiary/aromatic N) is 2. The summed E-state index contributed by atoms with van der Waals surface area (Å²) in [5.41, 5.74) is 0.939. The zero-order chi connectivity index (χ0) is 14.2. The number of carbonyl (C=O) groups is 1. The largest absolute Gasteiger partial charge is 0.478 e. The second-order valence-corrected chi connectivity index (χ2v) is 5.55. The average Bonchev–Trinajstić information content (AvgIpc) is 2.73. The van der Waals surface area contributed by atoms with Gasteiger partial charge in [-0.15, -0.1) is 0 Å². The minimum atomic E-state index is -3.95. The highest BCUT2D eigenvalue weighted by molar-refractivity contribution is 7.89. The van der Waals surface area contributed by atoms with Crippen molar-refractivity contribution < 1.29 is 18.3 Å². The van der Waals surface area contributed by atoms with Crippen molar-refractivity contribution in [3.05, 3.63) is 41.7 Å². The van der Waals surface area contributed by atoms with Crippen molar-refractivity contribution in [3.63, 3.8) is 0 Å². The predicted molar refractivity (Wildman–Crippen MR) is 66.6 cm³/mol. The van der Waals surface area contributed by atoms with Crippen LogP contribution in [0.5, 0.6) is 0 Å². The van der Waals surface area contributed by atoms with E-state index in [-0.39, 0.29) is 16.1 Å². The quantitative estimate of drug-likeness (QED) is 0.851. The molecule has 2 rings (SSSR count). The summed E-state index contributed by atoms with van der Waals surface area (Å²) in [5, 5.41) is 18.1. The summed E-state index contributed by atoms with van der Waals surface area (Å²) in [5.74, 6) is -1.26. The highest BCUT2D eigenvalue weighted by Crippen LogP contribution is 2.19. The Kier molecular flexibility index (Phi) is 3.13. The third-order valence-corrected chi connectivity index (χ3v) is 3.40. The normalized spacial score (nSPS) is 11.5. The number of rotatable bonds is 3. The molecule has 2 aromatic rings. The van der Waals surface area contributed by atoms with Crippen LogP contribution in [0.4, 0.5) is 0 Å². The van der Waals surface area contributed by atoms with Crippen LogP contribution >= 0.6 is 0 Å². The summed E-state index contributed by atoms with van der Waals surface area (Å²) in [6, 6.07) is 3.62. The van der Waals surface area contributed by atoms with Crippen LogP contribution in [-0.2, 0) is 10.0 Å². The first kappa shape index (κ1) is 13.2. The number of nitrogens with two attached hydrogens (primary N) is 1. The fraction of sp³-hybridized carbons (Fsp3) is 0.0909. The number of sulfonamides is 1. The number of carboxylic acid groups (broad SMARTS) is 1. The molecule has 0 aliphatic heterocycles. The van der Waals surface area contributed by atoms with E-state index in [1.54, 1.807) is 12.4 Å². The van der Waals surface area contributed by atoms with Crippen LogP contribution < -0.4 is 5.14 Å². The summed E-state index contributed by atoms with van der Waals surface area (Å²) in [7, 11) is -3.95. The van der Waals surface area contributed by atoms with E-state index in [9.17, 15) is 13.2 Å². The molecule has 0 aliphatic carbocycles. The van der Waals surface area contributed by atoms with Gasteiger partial charge in [0.15, 0.2) is 0 Å². The van der Waals surface area contributed by atoms with Crippen LogP contribution in [0.15, 0.2) is 35.5 Å². The summed E-state index contributed by atoms with van der Waals surface area (Å²) < 4.78 is 23.8. The first-order chi connectivity index (χ1) is 8.79. The minimum Gasteiger partial charge on any atom is -0.478 e. The summed E-state index contributed by atoms with van der Waals surface area (Å²) in [4.78, 5) is 11.0. The molecular weight excluding hydrogens is 270 g/mol. The second-order valence-electron chi connectivity index (χ2n) is 3.99. The first-order valence-corrected chi connectivity index (χ1v) is 6.75. The molecule has 0 atom stereocenters. The Hall–Kier alpha value is -2.19. The van der Waals surface area contributed by atoms with Gasteiger partial charge >= 0.3 is 5.97 Å². The molecule has 0 bridgehead atoms. The van der Waals surface area contributed by atoms with Gasteiger partial charge in [0.1, 0.15) is 0 Å². The number of aromatic carboxylic acids is 1. The van der Waals surface area contributed by atoms with E-state index in [1.807, 2.05) is 6.92 Å². The van der Waals surface area contributed by atoms with Crippen LogP contribution in [0.3, 0.4) is 0 Å². The van der Waals surface area contributed by atoms with E-state index < -0.39 is 16.0 Å². The number of aromatic nitrogens is 2. The topological polar surface area (TPSA) is 115 Å². The fourth-order valence-corrected chi connectivity index (χ4v) is 2.15. The van der Waals surface area contributed by atoms with Crippen molar-refractivity contribution in [2.24, 2.45) is 5.14 Å². The van der Waals surface area contributed by atoms with Crippen LogP contribution in [0, 0.1) is 6.92 Å². The molecule has 3 N–H and O–H groups in total. The number of carboxylic acids is 1. The Balaban J connectivity index is 2.66. The molecule has 19 heavy (non-hydrogen) atoms. The van der Waals surface area contributed by atoms with E-state index in [1.165, 1.54) is 16.8 Å². The average molecular weight is 281 g/mol. The Bertz CT molecular complexity index is 749. The van der Waals surface area contributed by atoms with Crippen molar-refractivity contribution >= 4 is 16.0 Å². The fourth-order valence-electron chi connectivity index (χ4n) is 1.61. The van der Waals surface area contributed by atoms with Gasteiger partial charge in [-0.25, -0.2) is 23.0 Å². The zero-order valence-electron chi connectivity index (χ0n) is 9.94. The molecule has 0 aliphatic rings. The van der Waals surface area contributed by atoms with Crippen molar-refractivity contribution in [1.82, 2.24) is 9.78 Å². The van der Waals surface area contributed by atoms with E-state index in [0.717, 1.165) is 11.6 Å². The highest BCUT2D eigenvalue weighted by Gasteiger charge is 2.17. The van der Waals surface area contributed by atoms with E-state index in [0.29, 0.717) is 0 Å². The third kappa shape index (κ3) is 2.64. The van der Waals surface area contributed by atoms with Gasteiger partial charge in [-0.1, -0.05) is 0 Å². The maximum atomic E-state index is 11.2. The number of hydrogen-bond acceptors (Lipinski definition) is 4. The van der Waals surface area contributed by atoms with E-state index in [4.69, 9.17) is 10.2 Å². The molecule has 1 aromatic carbocycles. The number of benzene rings is 1. The lowest BCUT2D eigenvalue weighted by Gasteiger charge is -2.07. The molecule has 7 nitrogen and oxygen atoms in total. The molecule has 0 radical (unpaired) electrons. The maximum Gasteiger partial charge on any atom is 0.337 e. The highest BCUT2D eigenvalue weighted by atomic mass is 32.2. The molecular formula is C11H11N3O4S. The standard InChI is InChI=1S/C11H11N3O4S/c1-7-5-13-14(6-7)10-3-2-8(19(12,17)18)4-9(10)11(15)16/h2-6H,1H3,(H,15,16)(H2,12,17,18). The molecule has 1 aromatic heterocycles. The second kappa shape index (κ2) is 4.48. The Morgan fingerprint density at radius 1 is 1.42 bits per heavy atom. The SMILES string of the molecule is Cc1cnn(-c2ccc(S(N)(=O)=O)cc2C(=O)O)c1. The van der Waals surface area contributed by atoms with E-state index >= 15 is 0 Å². The maximum absolute atomic E-state index is 11.2. The van der Waals surface area contributed by atoms with Crippen molar-refractivity contribution in [2.75, 3.05) is 0 Å². The van der Waals surface area contributed by atoms with Gasteiger partial charge in [0.2, 0.25) is 10.0 Å². The van der Waals surface area contributed by atoms with Gasteiger partial charge < -0.3 is 5.11 Å². The van der Waals surface area contributed by atoms with Gasteiger partial charge in [0, 0.05) is 6.20 Å². The van der Waals surface area contributed by atoms with Gasteiger partial charge in [-0.2, -0.15) is 5.10 Å². The number of primary sulfonamides is 1. The Morgan fingerprint density at radius 2 is 2.11 bits per heavy atom. The molecule has 0 saturated carbocycles. The summed E-state index contributed by atoms with van der Waals surface area (Å²) in [6.07, 6.45) is 3.21. The smallest absolute Gasteiger partial charge is 0.337 e. The van der Waals surface area contributed by atoms with Crippen LogP contribution in [0.1, 0.15) is 15.9 Å². The van der Waals surface area contributed by atoms with Crippen molar-refractivity contribution in [2.45, 2.75) is 11.8 Å². The van der Waals surface area contributed by atoms with Gasteiger partial charge in [-0.3, -0.25) is 0 Å². The summed E-state index contributed by atoms with van der Waals surface area (Å²) in [6.45, 7) is 1.81. The van der Waals surface area contributed by atoms with Crippen molar-refractivity contribution in [1.29, 1.82) is 0 Å². The lowest BCUT2D eigenvalue weighted by atomic mass is 10.2. The number of hydrogen-bond donors (Lipinski definition) is 2. The number of aryl methyl sites for hydroxylation is 1. The molecule has 0 spiro atoms. The van der Waals surface area contributed by atoms with Crippen LogP contribution in [-0.4, -0.2) is 29.3 Å². The van der Waals surface area contributed by atoms with Gasteiger partial charge in [0.05, 0.1) is 22.3 Å². The molecule has 0 amide bonds. The Labute approximate surface area is 109 Å². The monoisotopic (exact) mass is 281 g/mol. The van der Waals surface area contributed by atoms with Crippen LogP contribution in [0.2, 0.25) is 0 Å². The molecule has 0 unspecified atom stereocenters. The molecule has 0 fully saturated rings. The summed E-state index contributed by atoms with van der Waals surface area (Å²) >= 11 is 0. The lowest BCUT2D eigenvalue weighted by molar-refractivity contribution is 0.0696. The Morgan fingerprint density at radius 3 is 2.58 bits per heavy atom. The molecule has 100 valence electrons. The minimum absolute atomic E-state index is 0.186. The lowest BCUT2D eigenvalue weighted by Crippen LogP contribution is -2.14. The first-order valence-electron chi connectivity index (χ1n) is 5.21. The molecule has 8 heteroatoms. The zero-order valence-corrected chi connectivity index (χ0v) is 10.8. The van der Waals surface area contributed by atoms with Crippen LogP contribution in [0.25, 0.3) is 5.69 Å². The van der Waals surface area contributed by atoms with Gasteiger partial charge in [0.25, 0.3) is 0 Å². The molecule has 0 saturated heterocycles. The van der Waals surface area contributed by atoms with Crippen molar-refractivity contribution in [3.8, 4) is 5.69 Å². The van der Waals surface area contributed by atoms with Gasteiger partial charge in [-0.05, 0) is 30.7 Å². The molecule has 1 heterocycles.